The van der Waals surface area contributed by atoms with Crippen molar-refractivity contribution in [1.82, 2.24) is 14.3 Å². The summed E-state index contributed by atoms with van der Waals surface area (Å²) >= 11 is 0. The molecule has 3 aromatic rings. The number of nitrogens with two attached hydrogens (primary N) is 1. The number of carbonyl (C=O) groups is 1. The summed E-state index contributed by atoms with van der Waals surface area (Å²) in [6.07, 6.45) is 0. The predicted molar refractivity (Wildman–Crippen MR) is 137 cm³/mol. The van der Waals surface area contributed by atoms with E-state index in [1.54, 1.807) is 45.2 Å². The van der Waals surface area contributed by atoms with Crippen LogP contribution in [0.2, 0.25) is 0 Å². The van der Waals surface area contributed by atoms with Gasteiger partial charge in [0.1, 0.15) is 11.3 Å². The monoisotopic (exact) mass is 511 g/mol. The molecule has 0 unspecified atom stereocenters. The summed E-state index contributed by atoms with van der Waals surface area (Å²) < 4.78 is 38.0. The molecule has 2 heterocycles. The zero-order valence-corrected chi connectivity index (χ0v) is 21.3. The second kappa shape index (κ2) is 10.5. The minimum atomic E-state index is -3.64. The second-order valence-electron chi connectivity index (χ2n) is 8.24. The maximum absolute atomic E-state index is 13.0. The molecular formula is C25H29N5O5S. The van der Waals surface area contributed by atoms with E-state index >= 15 is 0 Å². The van der Waals surface area contributed by atoms with Crippen LogP contribution >= 0.6 is 0 Å². The summed E-state index contributed by atoms with van der Waals surface area (Å²) in [5.74, 6) is 0.614. The highest BCUT2D eigenvalue weighted by atomic mass is 32.2. The fraction of sp³-hybridized carbons (Fsp3) is 0.320. The zero-order valence-electron chi connectivity index (χ0n) is 20.5. The number of benzene rings is 2. The summed E-state index contributed by atoms with van der Waals surface area (Å²) in [6.45, 7) is 5.05. The minimum absolute atomic E-state index is 0.206. The molecule has 0 spiro atoms. The van der Waals surface area contributed by atoms with Crippen LogP contribution < -0.4 is 15.4 Å². The Morgan fingerprint density at radius 2 is 1.64 bits per heavy atom. The van der Waals surface area contributed by atoms with E-state index in [-0.39, 0.29) is 24.6 Å². The lowest BCUT2D eigenvalue weighted by molar-refractivity contribution is 0.0525. The molecule has 1 saturated heterocycles. The summed E-state index contributed by atoms with van der Waals surface area (Å²) in [5.41, 5.74) is 8.16. The number of carbonyl (C=O) groups excluding carboxylic acids is 1. The number of methoxy groups -OCH3 is 1. The van der Waals surface area contributed by atoms with Crippen molar-refractivity contribution in [2.45, 2.75) is 18.7 Å². The van der Waals surface area contributed by atoms with Crippen LogP contribution in [0.25, 0.3) is 11.3 Å². The van der Waals surface area contributed by atoms with Crippen LogP contribution in [-0.2, 0) is 14.8 Å². The summed E-state index contributed by atoms with van der Waals surface area (Å²) in [7, 11) is -2.05. The molecule has 190 valence electrons. The smallest absolute Gasteiger partial charge is 0.342 e. The molecule has 10 nitrogen and oxygen atoms in total. The highest BCUT2D eigenvalue weighted by Gasteiger charge is 2.30. The van der Waals surface area contributed by atoms with Crippen LogP contribution in [0.1, 0.15) is 23.0 Å². The summed E-state index contributed by atoms with van der Waals surface area (Å²) in [6, 6.07) is 13.4. The van der Waals surface area contributed by atoms with Crippen LogP contribution in [0.5, 0.6) is 5.75 Å². The number of hydrogen-bond donors (Lipinski definition) is 1. The van der Waals surface area contributed by atoms with E-state index in [2.05, 4.69) is 4.98 Å². The van der Waals surface area contributed by atoms with Crippen molar-refractivity contribution in [2.75, 3.05) is 50.5 Å². The SMILES string of the molecule is CCOC(=O)c1c(C)nc(N2CCN(S(=O)(=O)c3ccc(N)cc3)CC2)nc1-c1ccc(OC)cc1. The van der Waals surface area contributed by atoms with Gasteiger partial charge < -0.3 is 20.1 Å². The molecule has 36 heavy (non-hydrogen) atoms. The van der Waals surface area contributed by atoms with Crippen LogP contribution in [0, 0.1) is 6.92 Å². The number of aromatic nitrogens is 2. The van der Waals surface area contributed by atoms with Gasteiger partial charge in [0, 0.05) is 37.4 Å². The Balaban J connectivity index is 1.62. The molecule has 11 heteroatoms. The largest absolute Gasteiger partial charge is 0.497 e. The first kappa shape index (κ1) is 25.4. The predicted octanol–water partition coefficient (Wildman–Crippen LogP) is 2.73. The lowest BCUT2D eigenvalue weighted by Crippen LogP contribution is -2.49. The fourth-order valence-electron chi connectivity index (χ4n) is 4.02. The normalized spacial score (nSPS) is 14.5. The van der Waals surface area contributed by atoms with Gasteiger partial charge >= 0.3 is 5.97 Å². The van der Waals surface area contributed by atoms with Crippen molar-refractivity contribution >= 4 is 27.6 Å². The number of nitrogen functional groups attached to an aromatic ring is 1. The number of sulfonamides is 1. The number of nitrogens with zero attached hydrogens (tertiary/aromatic N) is 4. The maximum Gasteiger partial charge on any atom is 0.342 e. The van der Waals surface area contributed by atoms with Gasteiger partial charge in [-0.15, -0.1) is 0 Å². The van der Waals surface area contributed by atoms with Crippen molar-refractivity contribution in [3.8, 4) is 17.0 Å². The van der Waals surface area contributed by atoms with Crippen molar-refractivity contribution in [2.24, 2.45) is 0 Å². The molecule has 0 amide bonds. The third-order valence-electron chi connectivity index (χ3n) is 5.96. The molecule has 0 saturated carbocycles. The Labute approximate surface area is 210 Å². The van der Waals surface area contributed by atoms with Gasteiger partial charge in [0.15, 0.2) is 0 Å². The van der Waals surface area contributed by atoms with Gasteiger partial charge in [0.05, 0.1) is 30.0 Å². The number of ether oxygens (including phenoxy) is 2. The molecule has 0 bridgehead atoms. The number of hydrogen-bond acceptors (Lipinski definition) is 9. The highest BCUT2D eigenvalue weighted by molar-refractivity contribution is 7.89. The molecule has 0 radical (unpaired) electrons. The molecule has 0 atom stereocenters. The molecule has 4 rings (SSSR count). The Kier molecular flexibility index (Phi) is 7.41. The first-order valence-corrected chi connectivity index (χ1v) is 13.0. The van der Waals surface area contributed by atoms with Crippen LogP contribution in [0.3, 0.4) is 0 Å². The molecule has 1 aromatic heterocycles. The molecule has 1 aliphatic rings. The van der Waals surface area contributed by atoms with E-state index in [9.17, 15) is 13.2 Å². The van der Waals surface area contributed by atoms with Gasteiger partial charge in [-0.2, -0.15) is 4.31 Å². The molecule has 2 N–H and O–H groups in total. The first-order chi connectivity index (χ1) is 17.2. The van der Waals surface area contributed by atoms with Gasteiger partial charge in [0.25, 0.3) is 0 Å². The maximum atomic E-state index is 13.0. The van der Waals surface area contributed by atoms with Crippen LogP contribution in [0.15, 0.2) is 53.4 Å². The Hall–Kier alpha value is -3.70. The fourth-order valence-corrected chi connectivity index (χ4v) is 5.44. The summed E-state index contributed by atoms with van der Waals surface area (Å²) in [4.78, 5) is 24.2. The van der Waals surface area contributed by atoms with Crippen molar-refractivity contribution in [3.05, 3.63) is 59.8 Å². The highest BCUT2D eigenvalue weighted by Crippen LogP contribution is 2.29. The average Bonchev–Trinajstić information content (AvgIpc) is 2.88. The van der Waals surface area contributed by atoms with Crippen LogP contribution in [0.4, 0.5) is 11.6 Å². The van der Waals surface area contributed by atoms with Gasteiger partial charge in [-0.3, -0.25) is 0 Å². The summed E-state index contributed by atoms with van der Waals surface area (Å²) in [5, 5.41) is 0. The lowest BCUT2D eigenvalue weighted by atomic mass is 10.0. The molecule has 1 fully saturated rings. The van der Waals surface area contributed by atoms with Gasteiger partial charge in [-0.05, 0) is 62.4 Å². The average molecular weight is 512 g/mol. The lowest BCUT2D eigenvalue weighted by Gasteiger charge is -2.34. The Morgan fingerprint density at radius 1 is 1.00 bits per heavy atom. The zero-order chi connectivity index (χ0) is 25.9. The van der Waals surface area contributed by atoms with E-state index in [4.69, 9.17) is 20.2 Å². The minimum Gasteiger partial charge on any atom is -0.497 e. The molecule has 2 aromatic carbocycles. The van der Waals surface area contributed by atoms with Crippen molar-refractivity contribution < 1.29 is 22.7 Å². The van der Waals surface area contributed by atoms with Crippen LogP contribution in [-0.4, -0.2) is 68.6 Å². The quantitative estimate of drug-likeness (QED) is 0.376. The van der Waals surface area contributed by atoms with Gasteiger partial charge in [-0.1, -0.05) is 0 Å². The van der Waals surface area contributed by atoms with E-state index < -0.39 is 16.0 Å². The van der Waals surface area contributed by atoms with E-state index in [1.807, 2.05) is 17.0 Å². The third-order valence-corrected chi connectivity index (χ3v) is 7.87. The molecule has 0 aliphatic carbocycles. The number of esters is 1. The van der Waals surface area contributed by atoms with Crippen molar-refractivity contribution in [3.63, 3.8) is 0 Å². The number of piperazine rings is 1. The molecule has 1 aliphatic heterocycles. The number of rotatable bonds is 7. The van der Waals surface area contributed by atoms with Gasteiger partial charge in [-0.25, -0.2) is 23.2 Å². The topological polar surface area (TPSA) is 128 Å². The van der Waals surface area contributed by atoms with Gasteiger partial charge in [0.2, 0.25) is 16.0 Å². The first-order valence-electron chi connectivity index (χ1n) is 11.6. The number of aryl methyl sites for hydroxylation is 1. The van der Waals surface area contributed by atoms with E-state index in [0.717, 1.165) is 5.56 Å². The van der Waals surface area contributed by atoms with E-state index in [0.29, 0.717) is 47.4 Å². The Morgan fingerprint density at radius 3 is 2.22 bits per heavy atom. The van der Waals surface area contributed by atoms with E-state index in [1.165, 1.54) is 16.4 Å². The number of anilines is 2. The van der Waals surface area contributed by atoms with Crippen molar-refractivity contribution in [1.29, 1.82) is 0 Å². The second-order valence-corrected chi connectivity index (χ2v) is 10.2. The third kappa shape index (κ3) is 5.12. The molecular weight excluding hydrogens is 482 g/mol. The standard InChI is InChI=1S/C25H29N5O5S/c1-4-35-24(31)22-17(2)27-25(28-23(22)18-5-9-20(34-3)10-6-18)29-13-15-30(16-14-29)36(32,33)21-11-7-19(26)8-12-21/h5-12H,4,13-16,26H2,1-3H3. The Bertz CT molecular complexity index is 1340.